The molecule has 0 unspecified atom stereocenters. The number of aromatic nitrogens is 1. The van der Waals surface area contributed by atoms with Crippen LogP contribution in [-0.4, -0.2) is 18.6 Å². The third-order valence-corrected chi connectivity index (χ3v) is 5.30. The van der Waals surface area contributed by atoms with Crippen molar-refractivity contribution < 1.29 is 0 Å². The van der Waals surface area contributed by atoms with Crippen LogP contribution in [0.4, 0.5) is 0 Å². The third kappa shape index (κ3) is 3.65. The molecule has 0 amide bonds. The normalized spacial score (nSPS) is 15.0. The number of thioether (sulfide) groups is 1. The van der Waals surface area contributed by atoms with E-state index in [1.165, 1.54) is 58.4 Å². The van der Waals surface area contributed by atoms with Crippen molar-refractivity contribution >= 4 is 22.7 Å². The Morgan fingerprint density at radius 3 is 2.91 bits per heavy atom. The summed E-state index contributed by atoms with van der Waals surface area (Å²) in [5.74, 6) is 0. The van der Waals surface area contributed by atoms with Gasteiger partial charge in [0.05, 0.1) is 0 Å². The Balaban J connectivity index is 1.70. The number of para-hydroxylation sites is 1. The molecular weight excluding hydrogens is 288 g/mol. The molecule has 0 bridgehead atoms. The fraction of sp³-hybridized carbons (Fsp3) is 0.368. The number of fused-ring (bicyclic) bond motifs is 1. The molecule has 2 nitrogen and oxygen atoms in total. The number of hydrogen-bond donors (Lipinski definition) is 2. The number of rotatable bonds is 7. The molecule has 116 valence electrons. The van der Waals surface area contributed by atoms with E-state index in [0.717, 1.165) is 6.54 Å². The molecule has 1 aromatic heterocycles. The molecule has 0 spiro atoms. The summed E-state index contributed by atoms with van der Waals surface area (Å²) in [7, 11) is 2.03. The molecule has 0 radical (unpaired) electrons. The predicted octanol–water partition coefficient (Wildman–Crippen LogP) is 5.25. The Morgan fingerprint density at radius 2 is 2.00 bits per heavy atom. The van der Waals surface area contributed by atoms with Crippen LogP contribution >= 0.6 is 11.8 Å². The van der Waals surface area contributed by atoms with Crippen LogP contribution in [0.2, 0.25) is 0 Å². The lowest BCUT2D eigenvalue weighted by atomic mass is 10.0. The fourth-order valence-corrected chi connectivity index (χ4v) is 4.06. The Labute approximate surface area is 137 Å². The molecule has 0 saturated carbocycles. The summed E-state index contributed by atoms with van der Waals surface area (Å²) in [6.07, 6.45) is 13.1. The van der Waals surface area contributed by atoms with Crippen LogP contribution in [0.3, 0.4) is 0 Å². The number of nitrogens with one attached hydrogen (secondary N) is 2. The quantitative estimate of drug-likeness (QED) is 0.683. The van der Waals surface area contributed by atoms with Crippen molar-refractivity contribution in [3.63, 3.8) is 0 Å². The Bertz CT molecular complexity index is 682. The summed E-state index contributed by atoms with van der Waals surface area (Å²) < 4.78 is 0. The van der Waals surface area contributed by atoms with E-state index in [0.29, 0.717) is 0 Å². The van der Waals surface area contributed by atoms with Crippen LogP contribution in [-0.2, 0) is 0 Å². The smallest absolute Gasteiger partial charge is 0.0465 e. The molecule has 1 aliphatic carbocycles. The number of aromatic amines is 1. The highest BCUT2D eigenvalue weighted by atomic mass is 32.2. The minimum absolute atomic E-state index is 1.11. The van der Waals surface area contributed by atoms with Crippen molar-refractivity contribution in [3.05, 3.63) is 53.1 Å². The van der Waals surface area contributed by atoms with Gasteiger partial charge in [0.25, 0.3) is 0 Å². The SMILES string of the molecule is CNCCCCC1=CCCC=C1Sc1c[nH]c2ccccc12. The predicted molar refractivity (Wildman–Crippen MR) is 97.3 cm³/mol. The van der Waals surface area contributed by atoms with E-state index in [-0.39, 0.29) is 0 Å². The third-order valence-electron chi connectivity index (χ3n) is 4.10. The lowest BCUT2D eigenvalue weighted by Gasteiger charge is -2.15. The Morgan fingerprint density at radius 1 is 1.14 bits per heavy atom. The van der Waals surface area contributed by atoms with Gasteiger partial charge < -0.3 is 10.3 Å². The van der Waals surface area contributed by atoms with Crippen molar-refractivity contribution in [1.82, 2.24) is 10.3 Å². The Kier molecular flexibility index (Phi) is 5.41. The van der Waals surface area contributed by atoms with Crippen molar-refractivity contribution in [3.8, 4) is 0 Å². The van der Waals surface area contributed by atoms with E-state index in [2.05, 4.69) is 52.9 Å². The number of hydrogen-bond acceptors (Lipinski definition) is 2. The molecule has 1 aliphatic rings. The van der Waals surface area contributed by atoms with Crippen LogP contribution in [0.5, 0.6) is 0 Å². The lowest BCUT2D eigenvalue weighted by molar-refractivity contribution is 0.675. The second-order valence-electron chi connectivity index (χ2n) is 5.74. The van der Waals surface area contributed by atoms with Crippen molar-refractivity contribution in [2.45, 2.75) is 37.0 Å². The van der Waals surface area contributed by atoms with E-state index in [4.69, 9.17) is 0 Å². The number of benzene rings is 1. The van der Waals surface area contributed by atoms with E-state index in [1.807, 2.05) is 18.8 Å². The van der Waals surface area contributed by atoms with Crippen molar-refractivity contribution in [2.75, 3.05) is 13.6 Å². The van der Waals surface area contributed by atoms with Crippen LogP contribution in [0.25, 0.3) is 10.9 Å². The van der Waals surface area contributed by atoms with Crippen LogP contribution in [0.15, 0.2) is 58.0 Å². The zero-order valence-corrected chi connectivity index (χ0v) is 14.0. The van der Waals surface area contributed by atoms with Crippen LogP contribution in [0.1, 0.15) is 32.1 Å². The highest BCUT2D eigenvalue weighted by Crippen LogP contribution is 2.39. The molecule has 1 aromatic carbocycles. The van der Waals surface area contributed by atoms with Crippen LogP contribution < -0.4 is 5.32 Å². The molecule has 0 saturated heterocycles. The summed E-state index contributed by atoms with van der Waals surface area (Å²) in [6, 6.07) is 8.54. The number of allylic oxidation sites excluding steroid dienone is 3. The average molecular weight is 312 g/mol. The van der Waals surface area contributed by atoms with Gasteiger partial charge in [-0.1, -0.05) is 42.1 Å². The van der Waals surface area contributed by atoms with Gasteiger partial charge in [0.2, 0.25) is 0 Å². The van der Waals surface area contributed by atoms with E-state index in [1.54, 1.807) is 0 Å². The maximum absolute atomic E-state index is 3.38. The lowest BCUT2D eigenvalue weighted by Crippen LogP contribution is -2.07. The second kappa shape index (κ2) is 7.70. The summed E-state index contributed by atoms with van der Waals surface area (Å²) >= 11 is 1.92. The zero-order valence-electron chi connectivity index (χ0n) is 13.2. The molecule has 2 N–H and O–H groups in total. The minimum atomic E-state index is 1.11. The highest BCUT2D eigenvalue weighted by Gasteiger charge is 2.12. The number of unbranched alkanes of at least 4 members (excludes halogenated alkanes) is 1. The standard InChI is InChI=1S/C19H24N2S/c1-20-13-7-6-9-15-8-2-5-12-18(15)22-19-14-21-17-11-4-3-10-16(17)19/h3-4,8,10-12,14,20-21H,2,5-7,9,13H2,1H3. The average Bonchev–Trinajstić information content (AvgIpc) is 2.96. The zero-order chi connectivity index (χ0) is 15.2. The first-order valence-corrected chi connectivity index (χ1v) is 8.98. The molecular formula is C19H24N2S. The monoisotopic (exact) mass is 312 g/mol. The van der Waals surface area contributed by atoms with Gasteiger partial charge in [-0.05, 0) is 57.3 Å². The van der Waals surface area contributed by atoms with Gasteiger partial charge in [-0.25, -0.2) is 0 Å². The minimum Gasteiger partial charge on any atom is -0.360 e. The van der Waals surface area contributed by atoms with E-state index < -0.39 is 0 Å². The maximum atomic E-state index is 3.38. The van der Waals surface area contributed by atoms with Gasteiger partial charge in [0.15, 0.2) is 0 Å². The van der Waals surface area contributed by atoms with Gasteiger partial charge in [-0.15, -0.1) is 0 Å². The van der Waals surface area contributed by atoms with Gasteiger partial charge in [-0.2, -0.15) is 0 Å². The first-order chi connectivity index (χ1) is 10.9. The summed E-state index contributed by atoms with van der Waals surface area (Å²) in [5, 5.41) is 4.56. The van der Waals surface area contributed by atoms with Crippen LogP contribution in [0, 0.1) is 0 Å². The first kappa shape index (κ1) is 15.4. The summed E-state index contributed by atoms with van der Waals surface area (Å²) in [6.45, 7) is 1.11. The van der Waals surface area contributed by atoms with Gasteiger partial charge in [0.1, 0.15) is 0 Å². The van der Waals surface area contributed by atoms with Crippen molar-refractivity contribution in [2.24, 2.45) is 0 Å². The van der Waals surface area contributed by atoms with E-state index in [9.17, 15) is 0 Å². The summed E-state index contributed by atoms with van der Waals surface area (Å²) in [4.78, 5) is 6.17. The number of H-pyrrole nitrogens is 1. The van der Waals surface area contributed by atoms with Gasteiger partial charge in [-0.3, -0.25) is 0 Å². The van der Waals surface area contributed by atoms with Gasteiger partial charge in [0, 0.05) is 26.9 Å². The summed E-state index contributed by atoms with van der Waals surface area (Å²) in [5.41, 5.74) is 2.76. The van der Waals surface area contributed by atoms with Crippen molar-refractivity contribution in [1.29, 1.82) is 0 Å². The largest absolute Gasteiger partial charge is 0.360 e. The van der Waals surface area contributed by atoms with Gasteiger partial charge >= 0.3 is 0 Å². The molecule has 1 heterocycles. The first-order valence-electron chi connectivity index (χ1n) is 8.16. The van der Waals surface area contributed by atoms with E-state index >= 15 is 0 Å². The highest BCUT2D eigenvalue weighted by molar-refractivity contribution is 8.03. The molecule has 0 fully saturated rings. The molecule has 0 atom stereocenters. The molecule has 3 rings (SSSR count). The Hall–Kier alpha value is -1.45. The maximum Gasteiger partial charge on any atom is 0.0465 e. The topological polar surface area (TPSA) is 27.8 Å². The molecule has 2 aromatic rings. The second-order valence-corrected chi connectivity index (χ2v) is 6.82. The molecule has 3 heteroatoms. The molecule has 0 aliphatic heterocycles. The molecule has 22 heavy (non-hydrogen) atoms. The fourth-order valence-electron chi connectivity index (χ4n) is 2.90.